The van der Waals surface area contributed by atoms with E-state index >= 15 is 0 Å². The first kappa shape index (κ1) is 42.4. The van der Waals surface area contributed by atoms with Gasteiger partial charge in [0, 0.05) is 22.4 Å². The molecule has 0 aromatic heterocycles. The van der Waals surface area contributed by atoms with Crippen molar-refractivity contribution in [3.63, 3.8) is 0 Å². The van der Waals surface area contributed by atoms with Crippen molar-refractivity contribution >= 4 is 33.5 Å². The van der Waals surface area contributed by atoms with Crippen LogP contribution >= 0.6 is 15.9 Å². The number of hydrogen-bond donors (Lipinski definition) is 3. The molecule has 8 heteroatoms. The fourth-order valence-corrected chi connectivity index (χ4v) is 6.97. The Morgan fingerprint density at radius 2 is 1.69 bits per heavy atom. The van der Waals surface area contributed by atoms with E-state index in [9.17, 15) is 14.7 Å². The van der Waals surface area contributed by atoms with Crippen LogP contribution in [0, 0.1) is 5.92 Å². The van der Waals surface area contributed by atoms with Crippen LogP contribution in [0.2, 0.25) is 0 Å². The fourth-order valence-electron chi connectivity index (χ4n) is 6.51. The maximum atomic E-state index is 13.2. The van der Waals surface area contributed by atoms with E-state index in [4.69, 9.17) is 4.74 Å². The average molecular weight is 799 g/mol. The summed E-state index contributed by atoms with van der Waals surface area (Å²) in [4.78, 5) is 26.3. The highest BCUT2D eigenvalue weighted by molar-refractivity contribution is 9.11. The van der Waals surface area contributed by atoms with Gasteiger partial charge in [-0.25, -0.2) is 4.79 Å². The number of rotatable bonds is 15. The summed E-state index contributed by atoms with van der Waals surface area (Å²) in [5.74, 6) is 1.54. The lowest BCUT2D eigenvalue weighted by Gasteiger charge is -2.25. The van der Waals surface area contributed by atoms with Crippen molar-refractivity contribution < 1.29 is 19.4 Å². The Morgan fingerprint density at radius 3 is 2.35 bits per heavy atom. The largest absolute Gasteiger partial charge is 0.491 e. The monoisotopic (exact) mass is 797 g/mol. The predicted octanol–water partition coefficient (Wildman–Crippen LogP) is 11.4. The van der Waals surface area contributed by atoms with Gasteiger partial charge in [-0.15, -0.1) is 0 Å². The summed E-state index contributed by atoms with van der Waals surface area (Å²) < 4.78 is 7.05. The molecule has 2 fully saturated rings. The maximum absolute atomic E-state index is 13.2. The lowest BCUT2D eigenvalue weighted by atomic mass is 9.81. The average Bonchev–Trinajstić information content (AvgIpc) is 3.64. The molecule has 7 nitrogen and oxygen atoms in total. The number of carboxylic acids is 1. The molecule has 3 aromatic carbocycles. The van der Waals surface area contributed by atoms with Crippen molar-refractivity contribution in [1.29, 1.82) is 0 Å². The molecule has 0 spiro atoms. The molecule has 3 aromatic rings. The zero-order chi connectivity index (χ0) is 38.5. The summed E-state index contributed by atoms with van der Waals surface area (Å²) >= 11 is 3.69. The number of ether oxygens (including phenoxy) is 1. The topological polar surface area (TPSA) is 90.9 Å². The summed E-state index contributed by atoms with van der Waals surface area (Å²) in [5.41, 5.74) is 4.69. The van der Waals surface area contributed by atoms with Crippen LogP contribution in [0.4, 0.5) is 5.69 Å². The van der Waals surface area contributed by atoms with E-state index in [-0.39, 0.29) is 17.5 Å². The molecular weight excluding hydrogens is 738 g/mol. The van der Waals surface area contributed by atoms with Crippen LogP contribution < -0.4 is 15.4 Å². The molecule has 1 saturated heterocycles. The summed E-state index contributed by atoms with van der Waals surface area (Å²) in [6.45, 7) is 7.49. The Morgan fingerprint density at radius 1 is 0.926 bits per heavy atom. The van der Waals surface area contributed by atoms with Gasteiger partial charge in [-0.1, -0.05) is 123 Å². The third-order valence-electron chi connectivity index (χ3n) is 9.68. The van der Waals surface area contributed by atoms with Crippen LogP contribution in [-0.4, -0.2) is 41.1 Å². The SMILES string of the molecule is CCC.CCCC/C=C(/NC1=C(Br)CCC=C1)Nc1ccc(CC(=O)N2CCCC2COc2cccc(C(=O)O)c2)cc1.c1ccc(CC2CCC2)cc1. The molecule has 0 radical (unpaired) electrons. The van der Waals surface area contributed by atoms with Gasteiger partial charge in [0.15, 0.2) is 0 Å². The van der Waals surface area contributed by atoms with E-state index in [2.05, 4.69) is 95.9 Å². The molecule has 1 saturated carbocycles. The van der Waals surface area contributed by atoms with Gasteiger partial charge in [0.1, 0.15) is 18.2 Å². The Hall–Kier alpha value is -4.30. The van der Waals surface area contributed by atoms with Crippen molar-refractivity contribution in [2.45, 2.75) is 110 Å². The number of likely N-dealkylation sites (tertiary alicyclic amines) is 1. The Balaban J connectivity index is 0.000000386. The third kappa shape index (κ3) is 14.5. The van der Waals surface area contributed by atoms with E-state index in [0.29, 0.717) is 25.3 Å². The van der Waals surface area contributed by atoms with Crippen LogP contribution in [0.25, 0.3) is 0 Å². The van der Waals surface area contributed by atoms with Gasteiger partial charge in [-0.3, -0.25) is 4.79 Å². The van der Waals surface area contributed by atoms with Gasteiger partial charge >= 0.3 is 5.97 Å². The number of amides is 1. The molecule has 3 aliphatic rings. The number of carbonyl (C=O) groups is 2. The minimum atomic E-state index is -0.990. The minimum Gasteiger partial charge on any atom is -0.491 e. The standard InChI is InChI=1S/C32H38BrN3O4.C11H14.C3H8/c1-2-3-4-14-30(35-29-13-6-5-12-28(29)33)34-25-17-15-23(16-18-25)20-31(37)36-19-8-10-26(36)22-40-27-11-7-9-24(21-27)32(38)39;1-2-5-10(6-3-1)9-11-7-4-8-11;1-3-2/h6-7,9,11,13-18,21,26,34-35H,2-5,8,10,12,19-20,22H2,1H3,(H,38,39);1-3,5-6,11H,4,7-9H2;3H2,1-2H3/b30-14+;;. The third-order valence-corrected chi connectivity index (χ3v) is 10.5. The van der Waals surface area contributed by atoms with Crippen molar-refractivity contribution in [3.8, 4) is 5.75 Å². The zero-order valence-electron chi connectivity index (χ0n) is 32.5. The number of nitrogens with zero attached hydrogens (tertiary/aromatic N) is 1. The molecule has 6 rings (SSSR count). The maximum Gasteiger partial charge on any atom is 0.335 e. The molecule has 54 heavy (non-hydrogen) atoms. The number of anilines is 1. The van der Waals surface area contributed by atoms with Crippen molar-refractivity contribution in [2.75, 3.05) is 18.5 Å². The van der Waals surface area contributed by atoms with Crippen LogP contribution in [0.3, 0.4) is 0 Å². The van der Waals surface area contributed by atoms with Crippen molar-refractivity contribution in [3.05, 3.63) is 130 Å². The Labute approximate surface area is 332 Å². The number of benzene rings is 3. The predicted molar refractivity (Wildman–Crippen MR) is 226 cm³/mol. The molecule has 290 valence electrons. The Kier molecular flexibility index (Phi) is 18.5. The van der Waals surface area contributed by atoms with Gasteiger partial charge < -0.3 is 25.4 Å². The normalized spacial score (nSPS) is 16.7. The van der Waals surface area contributed by atoms with Gasteiger partial charge in [0.25, 0.3) is 0 Å². The fraction of sp³-hybridized carbons (Fsp3) is 0.435. The number of carboxylic acid groups (broad SMARTS) is 1. The molecule has 1 atom stereocenters. The highest BCUT2D eigenvalue weighted by Gasteiger charge is 2.29. The first-order chi connectivity index (χ1) is 26.3. The molecule has 2 aliphatic carbocycles. The van der Waals surface area contributed by atoms with E-state index < -0.39 is 5.97 Å². The second-order valence-electron chi connectivity index (χ2n) is 14.4. The molecule has 1 amide bonds. The minimum absolute atomic E-state index is 0.0220. The second kappa shape index (κ2) is 23.5. The van der Waals surface area contributed by atoms with Crippen molar-refractivity contribution in [2.24, 2.45) is 5.92 Å². The summed E-state index contributed by atoms with van der Waals surface area (Å²) in [7, 11) is 0. The smallest absolute Gasteiger partial charge is 0.335 e. The zero-order valence-corrected chi connectivity index (χ0v) is 34.1. The number of nitrogens with one attached hydrogen (secondary N) is 2. The van der Waals surface area contributed by atoms with Gasteiger partial charge in [0.05, 0.1) is 18.0 Å². The lowest BCUT2D eigenvalue weighted by Crippen LogP contribution is -2.39. The van der Waals surface area contributed by atoms with Crippen molar-refractivity contribution in [1.82, 2.24) is 10.2 Å². The van der Waals surface area contributed by atoms with Gasteiger partial charge in [0.2, 0.25) is 5.91 Å². The number of carbonyl (C=O) groups excluding carboxylic acids is 1. The van der Waals surface area contributed by atoms with Crippen LogP contribution in [-0.2, 0) is 17.6 Å². The first-order valence-electron chi connectivity index (χ1n) is 20.0. The molecular formula is C46H60BrN3O4. The highest BCUT2D eigenvalue weighted by atomic mass is 79.9. The molecule has 3 N–H and O–H groups in total. The summed E-state index contributed by atoms with van der Waals surface area (Å²) in [6.07, 6.45) is 20.8. The van der Waals surface area contributed by atoms with E-state index in [0.717, 1.165) is 73.6 Å². The summed E-state index contributed by atoms with van der Waals surface area (Å²) in [5, 5.41) is 16.2. The highest BCUT2D eigenvalue weighted by Crippen LogP contribution is 2.29. The van der Waals surface area contributed by atoms with Crippen LogP contribution in [0.1, 0.15) is 113 Å². The van der Waals surface area contributed by atoms with E-state index in [1.807, 2.05) is 29.2 Å². The van der Waals surface area contributed by atoms with Crippen LogP contribution in [0.5, 0.6) is 5.75 Å². The quantitative estimate of drug-likeness (QED) is 0.133. The van der Waals surface area contributed by atoms with E-state index in [1.165, 1.54) is 54.3 Å². The van der Waals surface area contributed by atoms with Gasteiger partial charge in [-0.2, -0.15) is 0 Å². The van der Waals surface area contributed by atoms with Crippen LogP contribution in [0.15, 0.2) is 113 Å². The first-order valence-corrected chi connectivity index (χ1v) is 20.8. The second-order valence-corrected chi connectivity index (χ2v) is 15.3. The summed E-state index contributed by atoms with van der Waals surface area (Å²) in [6, 6.07) is 25.3. The number of hydrogen-bond acceptors (Lipinski definition) is 5. The molecule has 1 unspecified atom stereocenters. The lowest BCUT2D eigenvalue weighted by molar-refractivity contribution is -0.131. The number of halogens is 1. The Bertz CT molecular complexity index is 1680. The number of aromatic carboxylic acids is 1. The molecule has 1 aliphatic heterocycles. The van der Waals surface area contributed by atoms with Gasteiger partial charge in [-0.05, 0) is 104 Å². The molecule has 0 bridgehead atoms. The van der Waals surface area contributed by atoms with E-state index in [1.54, 1.807) is 12.1 Å². The number of unbranched alkanes of at least 4 members (excludes halogenated alkanes) is 2. The number of allylic oxidation sites excluding steroid dienone is 4. The molecule has 1 heterocycles.